The fourth-order valence-corrected chi connectivity index (χ4v) is 2.46. The second-order valence-electron chi connectivity index (χ2n) is 5.91. The molecule has 132 valence electrons. The zero-order valence-corrected chi connectivity index (χ0v) is 14.6. The number of hydrogen-bond donors (Lipinski definition) is 2. The molecule has 0 saturated heterocycles. The molecule has 3 aromatic rings. The number of benzene rings is 1. The number of hydrogen-bond acceptors (Lipinski definition) is 7. The summed E-state index contributed by atoms with van der Waals surface area (Å²) < 4.78 is 0. The van der Waals surface area contributed by atoms with Crippen molar-refractivity contribution in [3.05, 3.63) is 69.7 Å². The van der Waals surface area contributed by atoms with E-state index < -0.39 is 4.92 Å². The van der Waals surface area contributed by atoms with Crippen molar-refractivity contribution >= 4 is 28.8 Å². The van der Waals surface area contributed by atoms with E-state index in [4.69, 9.17) is 0 Å². The zero-order valence-electron chi connectivity index (χ0n) is 14.6. The predicted octanol–water partition coefficient (Wildman–Crippen LogP) is 4.19. The second-order valence-corrected chi connectivity index (χ2v) is 5.91. The van der Waals surface area contributed by atoms with Gasteiger partial charge in [-0.1, -0.05) is 18.2 Å². The van der Waals surface area contributed by atoms with Crippen molar-refractivity contribution in [3.63, 3.8) is 0 Å². The molecule has 0 unspecified atom stereocenters. The monoisotopic (exact) mass is 350 g/mol. The van der Waals surface area contributed by atoms with E-state index in [1.165, 1.54) is 6.33 Å². The van der Waals surface area contributed by atoms with E-state index in [9.17, 15) is 10.1 Å². The van der Waals surface area contributed by atoms with Crippen LogP contribution in [0.15, 0.2) is 42.9 Å². The van der Waals surface area contributed by atoms with E-state index in [-0.39, 0.29) is 17.3 Å². The molecule has 0 radical (unpaired) electrons. The highest BCUT2D eigenvalue weighted by molar-refractivity contribution is 5.77. The van der Waals surface area contributed by atoms with Crippen molar-refractivity contribution in [2.75, 3.05) is 10.6 Å². The average molecular weight is 350 g/mol. The van der Waals surface area contributed by atoms with Gasteiger partial charge in [0.2, 0.25) is 11.6 Å². The normalized spacial score (nSPS) is 10.4. The average Bonchev–Trinajstić information content (AvgIpc) is 2.60. The summed E-state index contributed by atoms with van der Waals surface area (Å²) in [5, 5.41) is 17.7. The SMILES string of the molecule is Cc1ccc(C)c(Nc2ncnc(Nc3ncccc3C)c2[N+](=O)[O-])c1. The molecule has 2 heterocycles. The summed E-state index contributed by atoms with van der Waals surface area (Å²) in [6, 6.07) is 9.49. The molecule has 0 amide bonds. The first-order chi connectivity index (χ1) is 12.5. The highest BCUT2D eigenvalue weighted by Gasteiger charge is 2.24. The Morgan fingerprint density at radius 1 is 0.923 bits per heavy atom. The van der Waals surface area contributed by atoms with Crippen LogP contribution in [0, 0.1) is 30.9 Å². The van der Waals surface area contributed by atoms with E-state index in [0.29, 0.717) is 5.82 Å². The second kappa shape index (κ2) is 7.14. The smallest absolute Gasteiger partial charge is 0.334 e. The lowest BCUT2D eigenvalue weighted by Gasteiger charge is -2.12. The molecule has 0 atom stereocenters. The lowest BCUT2D eigenvalue weighted by molar-refractivity contribution is -0.383. The van der Waals surface area contributed by atoms with E-state index in [1.807, 2.05) is 45.0 Å². The Labute approximate surface area is 150 Å². The van der Waals surface area contributed by atoms with Gasteiger partial charge >= 0.3 is 5.69 Å². The molecule has 2 aromatic heterocycles. The Kier molecular flexibility index (Phi) is 4.74. The summed E-state index contributed by atoms with van der Waals surface area (Å²) in [6.45, 7) is 5.73. The molecule has 8 nitrogen and oxygen atoms in total. The molecule has 0 aliphatic rings. The van der Waals surface area contributed by atoms with Crippen LogP contribution in [0.25, 0.3) is 0 Å². The topological polar surface area (TPSA) is 106 Å². The van der Waals surface area contributed by atoms with E-state index >= 15 is 0 Å². The molecule has 0 bridgehead atoms. The molecule has 0 aliphatic heterocycles. The Balaban J connectivity index is 2.03. The molecule has 0 spiro atoms. The van der Waals surface area contributed by atoms with Gasteiger partial charge < -0.3 is 10.6 Å². The number of anilines is 4. The van der Waals surface area contributed by atoms with Gasteiger partial charge in [-0.25, -0.2) is 15.0 Å². The highest BCUT2D eigenvalue weighted by atomic mass is 16.6. The standard InChI is InChI=1S/C18H18N6O2/c1-11-6-7-12(2)14(9-11)22-17-15(24(25)26)18(21-10-20-17)23-16-13(3)5-4-8-19-16/h4-10H,1-3H3,(H2,19,20,21,22,23). The molecular formula is C18H18N6O2. The number of aromatic nitrogens is 3. The van der Waals surface area contributed by atoms with Gasteiger partial charge in [-0.3, -0.25) is 10.1 Å². The van der Waals surface area contributed by atoms with Crippen molar-refractivity contribution in [2.45, 2.75) is 20.8 Å². The zero-order chi connectivity index (χ0) is 18.7. The summed E-state index contributed by atoms with van der Waals surface area (Å²) in [5.41, 5.74) is 3.37. The Hall–Kier alpha value is -3.55. The van der Waals surface area contributed by atoms with Crippen molar-refractivity contribution < 1.29 is 4.92 Å². The third-order valence-electron chi connectivity index (χ3n) is 3.90. The fourth-order valence-electron chi connectivity index (χ4n) is 2.46. The van der Waals surface area contributed by atoms with Gasteiger partial charge in [0.1, 0.15) is 12.1 Å². The minimum absolute atomic E-state index is 0.0830. The van der Waals surface area contributed by atoms with Gasteiger partial charge in [-0.05, 0) is 49.6 Å². The van der Waals surface area contributed by atoms with Gasteiger partial charge in [-0.15, -0.1) is 0 Å². The van der Waals surface area contributed by atoms with Crippen molar-refractivity contribution in [1.29, 1.82) is 0 Å². The molecule has 2 N–H and O–H groups in total. The Morgan fingerprint density at radius 3 is 2.35 bits per heavy atom. The molecule has 0 fully saturated rings. The van der Waals surface area contributed by atoms with Gasteiger partial charge in [-0.2, -0.15) is 0 Å². The molecule has 3 rings (SSSR count). The van der Waals surface area contributed by atoms with E-state index in [2.05, 4.69) is 25.6 Å². The molecule has 0 aliphatic carbocycles. The first kappa shape index (κ1) is 17.3. The third kappa shape index (κ3) is 3.59. The van der Waals surface area contributed by atoms with Crippen LogP contribution in [0.5, 0.6) is 0 Å². The van der Waals surface area contributed by atoms with E-state index in [0.717, 1.165) is 22.4 Å². The van der Waals surface area contributed by atoms with Crippen molar-refractivity contribution in [2.24, 2.45) is 0 Å². The van der Waals surface area contributed by atoms with Gasteiger partial charge in [0.25, 0.3) is 0 Å². The summed E-state index contributed by atoms with van der Waals surface area (Å²) in [4.78, 5) is 23.5. The molecule has 8 heteroatoms. The van der Waals surface area contributed by atoms with Crippen LogP contribution < -0.4 is 10.6 Å². The number of aryl methyl sites for hydroxylation is 3. The maximum atomic E-state index is 11.7. The fraction of sp³-hybridized carbons (Fsp3) is 0.167. The van der Waals surface area contributed by atoms with Gasteiger partial charge in [0, 0.05) is 11.9 Å². The lowest BCUT2D eigenvalue weighted by atomic mass is 10.1. The van der Waals surface area contributed by atoms with Crippen LogP contribution in [0.2, 0.25) is 0 Å². The minimum Gasteiger partial charge on any atom is -0.334 e. The molecule has 1 aromatic carbocycles. The number of nitrogens with one attached hydrogen (secondary N) is 2. The van der Waals surface area contributed by atoms with Crippen LogP contribution in [-0.4, -0.2) is 19.9 Å². The predicted molar refractivity (Wildman–Crippen MR) is 100 cm³/mol. The third-order valence-corrected chi connectivity index (χ3v) is 3.90. The quantitative estimate of drug-likeness (QED) is 0.525. The molecule has 26 heavy (non-hydrogen) atoms. The summed E-state index contributed by atoms with van der Waals surface area (Å²) in [5.74, 6) is 0.710. The van der Waals surface area contributed by atoms with E-state index in [1.54, 1.807) is 12.3 Å². The van der Waals surface area contributed by atoms with Crippen LogP contribution in [0.4, 0.5) is 28.8 Å². The summed E-state index contributed by atoms with van der Waals surface area (Å²) >= 11 is 0. The highest BCUT2D eigenvalue weighted by Crippen LogP contribution is 2.33. The maximum absolute atomic E-state index is 11.7. The van der Waals surface area contributed by atoms with Crippen molar-refractivity contribution in [3.8, 4) is 0 Å². The number of nitrogens with zero attached hydrogens (tertiary/aromatic N) is 4. The molecular weight excluding hydrogens is 332 g/mol. The Morgan fingerprint density at radius 2 is 1.65 bits per heavy atom. The Bertz CT molecular complexity index is 974. The first-order valence-electron chi connectivity index (χ1n) is 7.98. The van der Waals surface area contributed by atoms with Gasteiger partial charge in [0.15, 0.2) is 0 Å². The van der Waals surface area contributed by atoms with Gasteiger partial charge in [0.05, 0.1) is 4.92 Å². The number of rotatable bonds is 5. The maximum Gasteiger partial charge on any atom is 0.353 e. The largest absolute Gasteiger partial charge is 0.353 e. The van der Waals surface area contributed by atoms with Crippen LogP contribution in [0.3, 0.4) is 0 Å². The van der Waals surface area contributed by atoms with Crippen LogP contribution in [0.1, 0.15) is 16.7 Å². The van der Waals surface area contributed by atoms with Crippen LogP contribution in [-0.2, 0) is 0 Å². The minimum atomic E-state index is -0.506. The first-order valence-corrected chi connectivity index (χ1v) is 7.98. The van der Waals surface area contributed by atoms with Crippen LogP contribution >= 0.6 is 0 Å². The number of nitro groups is 1. The van der Waals surface area contributed by atoms with Crippen molar-refractivity contribution in [1.82, 2.24) is 15.0 Å². The number of pyridine rings is 1. The summed E-state index contributed by atoms with van der Waals surface area (Å²) in [7, 11) is 0. The summed E-state index contributed by atoms with van der Waals surface area (Å²) in [6.07, 6.45) is 2.89. The lowest BCUT2D eigenvalue weighted by Crippen LogP contribution is -2.07. The molecule has 0 saturated carbocycles.